The minimum atomic E-state index is 0. The summed E-state index contributed by atoms with van der Waals surface area (Å²) in [7, 11) is 0. The first-order valence-corrected chi connectivity index (χ1v) is 10.0. The van der Waals surface area contributed by atoms with Crippen molar-refractivity contribution in [3.8, 4) is 5.75 Å². The van der Waals surface area contributed by atoms with Gasteiger partial charge in [0.2, 0.25) is 0 Å². The molecule has 1 saturated heterocycles. The Labute approximate surface area is 162 Å². The maximum Gasteiger partial charge on any atom is 0.115 e. The topological polar surface area (TPSA) is 36.8 Å². The summed E-state index contributed by atoms with van der Waals surface area (Å²) in [6.07, 6.45) is 0. The third-order valence-corrected chi connectivity index (χ3v) is 6.17. The molecule has 0 spiro atoms. The molecule has 0 amide bonds. The van der Waals surface area contributed by atoms with Crippen LogP contribution in [0.5, 0.6) is 5.75 Å². The van der Waals surface area contributed by atoms with Crippen molar-refractivity contribution in [2.45, 2.75) is 18.9 Å². The van der Waals surface area contributed by atoms with E-state index >= 15 is 0 Å². The molecular weight excluding hydrogens is 370 g/mol. The Morgan fingerprint density at radius 3 is 2.12 bits per heavy atom. The highest BCUT2D eigenvalue weighted by Crippen LogP contribution is 2.39. The number of hydrogen-bond donors (Lipinski definition) is 2. The van der Waals surface area contributed by atoms with E-state index in [4.69, 9.17) is 0 Å². The van der Waals surface area contributed by atoms with Crippen molar-refractivity contribution in [1.82, 2.24) is 0 Å². The van der Waals surface area contributed by atoms with Crippen LogP contribution in [-0.4, -0.2) is 17.7 Å². The van der Waals surface area contributed by atoms with Crippen molar-refractivity contribution in [3.63, 3.8) is 0 Å². The zero-order valence-corrected chi connectivity index (χ0v) is 16.2. The van der Waals surface area contributed by atoms with Gasteiger partial charge in [0.1, 0.15) is 5.75 Å². The van der Waals surface area contributed by atoms with Crippen molar-refractivity contribution in [3.05, 3.63) is 80.2 Å². The fourth-order valence-corrected chi connectivity index (χ4v) is 4.98. The van der Waals surface area contributed by atoms with Gasteiger partial charge in [0, 0.05) is 5.57 Å². The van der Waals surface area contributed by atoms with Crippen LogP contribution in [0.25, 0.3) is 5.57 Å². The van der Waals surface area contributed by atoms with Gasteiger partial charge in [-0.05, 0) is 75.0 Å². The standard InChI is InChI=1S/C20H19NOS2.ClH/c1-13-19(14-2-4-17(22)5-3-14)18(10-21-13)20(15-6-8-23-11-15)16-7-9-24-12-16;/h2-9,11-13,19,21-22H,10H2,1H3;1H. The number of rotatable bonds is 3. The summed E-state index contributed by atoms with van der Waals surface area (Å²) in [5.74, 6) is 0.704. The van der Waals surface area contributed by atoms with E-state index in [1.54, 1.807) is 34.8 Å². The Bertz CT molecular complexity index is 802. The highest BCUT2D eigenvalue weighted by Gasteiger charge is 2.36. The fraction of sp³-hybridized carbons (Fsp3) is 0.200. The van der Waals surface area contributed by atoms with Crippen LogP contribution in [0.4, 0.5) is 0 Å². The molecule has 1 aliphatic rings. The summed E-state index contributed by atoms with van der Waals surface area (Å²) in [4.78, 5) is 0. The Balaban J connectivity index is 0.00000182. The molecule has 2 nitrogen and oxygen atoms in total. The van der Waals surface area contributed by atoms with Crippen LogP contribution >= 0.6 is 22.7 Å². The van der Waals surface area contributed by atoms with Gasteiger partial charge in [-0.3, -0.25) is 0 Å². The maximum absolute atomic E-state index is 9.62. The molecule has 2 unspecified atom stereocenters. The molecule has 0 aliphatic carbocycles. The van der Waals surface area contributed by atoms with E-state index in [0.717, 1.165) is 6.54 Å². The van der Waals surface area contributed by atoms with Crippen molar-refractivity contribution >= 4 is 28.2 Å². The van der Waals surface area contributed by atoms with Crippen LogP contribution in [0.2, 0.25) is 0 Å². The average molecular weight is 390 g/mol. The summed E-state index contributed by atoms with van der Waals surface area (Å²) in [5.41, 5.74) is 6.80. The minimum Gasteiger partial charge on any atom is -1.00 e. The van der Waals surface area contributed by atoms with Gasteiger partial charge < -0.3 is 22.8 Å². The second-order valence-corrected chi connectivity index (χ2v) is 7.85. The molecule has 1 aliphatic heterocycles. The van der Waals surface area contributed by atoms with E-state index in [0.29, 0.717) is 17.7 Å². The van der Waals surface area contributed by atoms with Gasteiger partial charge in [0.15, 0.2) is 0 Å². The van der Waals surface area contributed by atoms with Crippen molar-refractivity contribution < 1.29 is 22.8 Å². The molecule has 0 bridgehead atoms. The molecule has 1 aromatic carbocycles. The zero-order chi connectivity index (χ0) is 16.5. The number of halogens is 1. The normalized spacial score (nSPS) is 19.6. The van der Waals surface area contributed by atoms with Crippen molar-refractivity contribution in [1.29, 1.82) is 0 Å². The third-order valence-electron chi connectivity index (χ3n) is 4.80. The Hall–Kier alpha value is -1.59. The maximum atomic E-state index is 9.62. The summed E-state index contributed by atoms with van der Waals surface area (Å²) in [6.45, 7) is 3.32. The van der Waals surface area contributed by atoms with Crippen molar-refractivity contribution in [2.24, 2.45) is 0 Å². The van der Waals surface area contributed by atoms with E-state index in [9.17, 15) is 5.11 Å². The fourth-order valence-electron chi connectivity index (χ4n) is 3.69. The van der Waals surface area contributed by atoms with Gasteiger partial charge in [-0.1, -0.05) is 12.1 Å². The van der Waals surface area contributed by atoms with Gasteiger partial charge in [0.25, 0.3) is 0 Å². The first kappa shape index (κ1) is 18.2. The molecule has 130 valence electrons. The number of thiophene rings is 2. The smallest absolute Gasteiger partial charge is 0.115 e. The highest BCUT2D eigenvalue weighted by molar-refractivity contribution is 7.08. The SMILES string of the molecule is CC1[NH2+]CC(=C(c2ccsc2)c2ccsc2)C1c1ccc(O)cc1.[Cl-]. The number of benzene rings is 1. The largest absolute Gasteiger partial charge is 1.00 e. The van der Waals surface area contributed by atoms with Gasteiger partial charge in [0.05, 0.1) is 18.5 Å². The molecular formula is C20H20ClNOS2. The molecule has 0 radical (unpaired) electrons. The van der Waals surface area contributed by atoms with Crippen molar-refractivity contribution in [2.75, 3.05) is 6.54 Å². The lowest BCUT2D eigenvalue weighted by Gasteiger charge is -2.17. The van der Waals surface area contributed by atoms with Crippen LogP contribution in [0, 0.1) is 0 Å². The lowest BCUT2D eigenvalue weighted by Crippen LogP contribution is -3.00. The van der Waals surface area contributed by atoms with Crippen LogP contribution in [0.3, 0.4) is 0 Å². The molecule has 2 atom stereocenters. The van der Waals surface area contributed by atoms with E-state index in [1.165, 1.54) is 27.8 Å². The van der Waals surface area contributed by atoms with E-state index in [1.807, 2.05) is 0 Å². The second-order valence-electron chi connectivity index (χ2n) is 6.29. The molecule has 25 heavy (non-hydrogen) atoms. The predicted molar refractivity (Wildman–Crippen MR) is 102 cm³/mol. The summed E-state index contributed by atoms with van der Waals surface area (Å²) in [6, 6.07) is 12.7. The molecule has 3 N–H and O–H groups in total. The third kappa shape index (κ3) is 3.53. The minimum absolute atomic E-state index is 0. The van der Waals surface area contributed by atoms with E-state index in [-0.39, 0.29) is 12.4 Å². The van der Waals surface area contributed by atoms with E-state index in [2.05, 4.69) is 58.0 Å². The summed E-state index contributed by atoms with van der Waals surface area (Å²) in [5, 5.41) is 20.8. The van der Waals surface area contributed by atoms with Crippen LogP contribution < -0.4 is 17.7 Å². The Kier molecular flexibility index (Phi) is 5.64. The van der Waals surface area contributed by atoms with Gasteiger partial charge in [-0.25, -0.2) is 0 Å². The average Bonchev–Trinajstić information content (AvgIpc) is 3.33. The number of hydrogen-bond acceptors (Lipinski definition) is 3. The van der Waals surface area contributed by atoms with Gasteiger partial charge in [-0.2, -0.15) is 22.7 Å². The Morgan fingerprint density at radius 1 is 1.00 bits per heavy atom. The van der Waals surface area contributed by atoms with Gasteiger partial charge in [-0.15, -0.1) is 0 Å². The number of phenolic OH excluding ortho intramolecular Hbond substituents is 1. The zero-order valence-electron chi connectivity index (χ0n) is 13.9. The van der Waals surface area contributed by atoms with Crippen LogP contribution in [-0.2, 0) is 0 Å². The molecule has 1 fully saturated rings. The lowest BCUT2D eigenvalue weighted by molar-refractivity contribution is -0.665. The number of nitrogens with two attached hydrogens (primary N) is 1. The first-order chi connectivity index (χ1) is 11.7. The molecule has 3 aromatic rings. The van der Waals surface area contributed by atoms with Gasteiger partial charge >= 0.3 is 0 Å². The number of aromatic hydroxyl groups is 1. The lowest BCUT2D eigenvalue weighted by atomic mass is 9.83. The molecule has 4 rings (SSSR count). The monoisotopic (exact) mass is 389 g/mol. The number of quaternary nitrogens is 1. The molecule has 3 heterocycles. The summed E-state index contributed by atoms with van der Waals surface area (Å²) >= 11 is 3.50. The highest BCUT2D eigenvalue weighted by atomic mass is 35.5. The predicted octanol–water partition coefficient (Wildman–Crippen LogP) is 1.07. The quantitative estimate of drug-likeness (QED) is 0.690. The second kappa shape index (κ2) is 7.75. The molecule has 0 saturated carbocycles. The molecule has 2 aromatic heterocycles. The Morgan fingerprint density at radius 2 is 1.60 bits per heavy atom. The van der Waals surface area contributed by atoms with Crippen LogP contribution in [0.15, 0.2) is 63.5 Å². The van der Waals surface area contributed by atoms with Crippen LogP contribution in [0.1, 0.15) is 29.5 Å². The first-order valence-electron chi connectivity index (χ1n) is 8.14. The summed E-state index contributed by atoms with van der Waals surface area (Å²) < 4.78 is 0. The van der Waals surface area contributed by atoms with E-state index < -0.39 is 0 Å². The molecule has 5 heteroatoms. The number of phenols is 1.